The van der Waals surface area contributed by atoms with Crippen LogP contribution in [-0.4, -0.2) is 24.6 Å². The highest BCUT2D eigenvalue weighted by atomic mass is 35.5. The van der Waals surface area contributed by atoms with E-state index in [1.54, 1.807) is 30.3 Å². The number of rotatable bonds is 9. The highest BCUT2D eigenvalue weighted by molar-refractivity contribution is 6.35. The van der Waals surface area contributed by atoms with E-state index in [0.29, 0.717) is 35.3 Å². The lowest BCUT2D eigenvalue weighted by Gasteiger charge is -2.12. The van der Waals surface area contributed by atoms with Crippen molar-refractivity contribution in [2.75, 3.05) is 6.61 Å². The maximum absolute atomic E-state index is 12.0. The van der Waals surface area contributed by atoms with Gasteiger partial charge in [0.15, 0.2) is 11.5 Å². The van der Waals surface area contributed by atoms with E-state index < -0.39 is 11.8 Å². The van der Waals surface area contributed by atoms with Crippen molar-refractivity contribution in [3.63, 3.8) is 0 Å². The highest BCUT2D eigenvalue weighted by Gasteiger charge is 2.12. The van der Waals surface area contributed by atoms with Crippen LogP contribution in [0.25, 0.3) is 0 Å². The van der Waals surface area contributed by atoms with Crippen LogP contribution in [0, 0.1) is 6.92 Å². The lowest BCUT2D eigenvalue weighted by atomic mass is 10.1. The van der Waals surface area contributed by atoms with Gasteiger partial charge < -0.3 is 14.8 Å². The molecule has 0 fully saturated rings. The van der Waals surface area contributed by atoms with Crippen LogP contribution in [0.4, 0.5) is 0 Å². The van der Waals surface area contributed by atoms with E-state index in [1.807, 2.05) is 50.2 Å². The second kappa shape index (κ2) is 12.4. The molecule has 2 N–H and O–H groups in total. The van der Waals surface area contributed by atoms with Crippen molar-refractivity contribution in [1.29, 1.82) is 0 Å². The first-order valence-electron chi connectivity index (χ1n) is 10.8. The van der Waals surface area contributed by atoms with Crippen LogP contribution in [0.15, 0.2) is 71.8 Å². The minimum Gasteiger partial charge on any atom is -0.490 e. The molecule has 3 aromatic carbocycles. The Morgan fingerprint density at radius 2 is 1.62 bits per heavy atom. The zero-order valence-electron chi connectivity index (χ0n) is 19.0. The second-order valence-corrected chi connectivity index (χ2v) is 7.86. The van der Waals surface area contributed by atoms with E-state index in [2.05, 4.69) is 15.8 Å². The van der Waals surface area contributed by atoms with Crippen LogP contribution in [0.2, 0.25) is 5.02 Å². The number of hydrogen-bond donors (Lipinski definition) is 2. The predicted octanol–water partition coefficient (Wildman–Crippen LogP) is 4.39. The van der Waals surface area contributed by atoms with Gasteiger partial charge in [0.25, 0.3) is 0 Å². The summed E-state index contributed by atoms with van der Waals surface area (Å²) in [6.07, 6.45) is 1.43. The van der Waals surface area contributed by atoms with Crippen molar-refractivity contribution in [1.82, 2.24) is 10.7 Å². The fraction of sp³-hybridized carbons (Fsp3) is 0.192. The van der Waals surface area contributed by atoms with Crippen molar-refractivity contribution < 1.29 is 19.1 Å². The van der Waals surface area contributed by atoms with Crippen LogP contribution in [-0.2, 0) is 22.7 Å². The van der Waals surface area contributed by atoms with Gasteiger partial charge in [-0.2, -0.15) is 5.10 Å². The van der Waals surface area contributed by atoms with Crippen LogP contribution in [0.1, 0.15) is 29.2 Å². The molecule has 0 aliphatic rings. The summed E-state index contributed by atoms with van der Waals surface area (Å²) < 4.78 is 11.6. The third-order valence-electron chi connectivity index (χ3n) is 4.73. The standard InChI is InChI=1S/C26H26ClN3O4/c1-3-33-24-14-21(10-13-23(24)34-17-20-8-11-22(27)12-9-20)16-29-30-26(32)25(31)28-15-19-6-4-18(2)5-7-19/h4-14,16H,3,15,17H2,1-2H3,(H,28,31)(H,30,32)/b29-16-. The van der Waals surface area contributed by atoms with Crippen molar-refractivity contribution in [3.05, 3.63) is 94.0 Å². The number of carbonyl (C=O) groups excluding carboxylic acids is 2. The zero-order chi connectivity index (χ0) is 24.3. The molecule has 0 spiro atoms. The fourth-order valence-corrected chi connectivity index (χ4v) is 3.04. The van der Waals surface area contributed by atoms with E-state index in [9.17, 15) is 9.59 Å². The number of halogens is 1. The Morgan fingerprint density at radius 1 is 0.912 bits per heavy atom. The van der Waals surface area contributed by atoms with E-state index >= 15 is 0 Å². The molecular formula is C26H26ClN3O4. The molecule has 3 aromatic rings. The van der Waals surface area contributed by atoms with Crippen LogP contribution in [0.3, 0.4) is 0 Å². The number of ether oxygens (including phenoxy) is 2. The Balaban J connectivity index is 1.54. The van der Waals surface area contributed by atoms with Gasteiger partial charge in [0.2, 0.25) is 0 Å². The lowest BCUT2D eigenvalue weighted by molar-refractivity contribution is -0.139. The van der Waals surface area contributed by atoms with Gasteiger partial charge in [-0.25, -0.2) is 5.43 Å². The molecule has 3 rings (SSSR count). The first kappa shape index (κ1) is 24.8. The van der Waals surface area contributed by atoms with Gasteiger partial charge in [-0.15, -0.1) is 0 Å². The number of carbonyl (C=O) groups is 2. The largest absolute Gasteiger partial charge is 0.490 e. The Hall–Kier alpha value is -3.84. The lowest BCUT2D eigenvalue weighted by Crippen LogP contribution is -2.37. The van der Waals surface area contributed by atoms with Gasteiger partial charge in [0.1, 0.15) is 6.61 Å². The molecule has 0 aliphatic heterocycles. The minimum atomic E-state index is -0.851. The van der Waals surface area contributed by atoms with E-state index in [1.165, 1.54) is 6.21 Å². The molecular weight excluding hydrogens is 454 g/mol. The number of hydrazone groups is 1. The molecule has 2 amide bonds. The van der Waals surface area contributed by atoms with E-state index in [-0.39, 0.29) is 6.54 Å². The van der Waals surface area contributed by atoms with Gasteiger partial charge in [-0.1, -0.05) is 53.6 Å². The topological polar surface area (TPSA) is 89.0 Å². The quantitative estimate of drug-likeness (QED) is 0.270. The maximum Gasteiger partial charge on any atom is 0.329 e. The van der Waals surface area contributed by atoms with E-state index in [0.717, 1.165) is 16.7 Å². The summed E-state index contributed by atoms with van der Waals surface area (Å²) in [4.78, 5) is 24.0. The molecule has 176 valence electrons. The average molecular weight is 480 g/mol. The third kappa shape index (κ3) is 7.64. The summed E-state index contributed by atoms with van der Waals surface area (Å²) in [6.45, 7) is 4.92. The molecule has 34 heavy (non-hydrogen) atoms. The second-order valence-electron chi connectivity index (χ2n) is 7.42. The van der Waals surface area contributed by atoms with Crippen molar-refractivity contribution in [2.45, 2.75) is 27.0 Å². The number of benzene rings is 3. The predicted molar refractivity (Wildman–Crippen MR) is 132 cm³/mol. The zero-order valence-corrected chi connectivity index (χ0v) is 19.8. The molecule has 0 bridgehead atoms. The number of nitrogens with one attached hydrogen (secondary N) is 2. The smallest absolute Gasteiger partial charge is 0.329 e. The molecule has 8 heteroatoms. The van der Waals surface area contributed by atoms with E-state index in [4.69, 9.17) is 21.1 Å². The molecule has 0 saturated heterocycles. The van der Waals surface area contributed by atoms with Crippen LogP contribution >= 0.6 is 11.6 Å². The number of nitrogens with zero attached hydrogens (tertiary/aromatic N) is 1. The van der Waals surface area contributed by atoms with Crippen molar-refractivity contribution in [2.24, 2.45) is 5.10 Å². The molecule has 0 radical (unpaired) electrons. The summed E-state index contributed by atoms with van der Waals surface area (Å²) in [6, 6.07) is 20.3. The molecule has 7 nitrogen and oxygen atoms in total. The summed E-state index contributed by atoms with van der Waals surface area (Å²) in [7, 11) is 0. The third-order valence-corrected chi connectivity index (χ3v) is 4.99. The molecule has 0 atom stereocenters. The highest BCUT2D eigenvalue weighted by Crippen LogP contribution is 2.29. The molecule has 0 aliphatic carbocycles. The van der Waals surface area contributed by atoms with Gasteiger partial charge in [-0.05, 0) is 60.9 Å². The Morgan fingerprint density at radius 3 is 2.32 bits per heavy atom. The SMILES string of the molecule is CCOc1cc(/C=N\NC(=O)C(=O)NCc2ccc(C)cc2)ccc1OCc1ccc(Cl)cc1. The van der Waals surface area contributed by atoms with Crippen LogP contribution < -0.4 is 20.2 Å². The summed E-state index contributed by atoms with van der Waals surface area (Å²) >= 11 is 5.92. The fourth-order valence-electron chi connectivity index (χ4n) is 2.92. The Bertz CT molecular complexity index is 1150. The molecule has 0 saturated carbocycles. The Kier molecular flexibility index (Phi) is 9.05. The number of amides is 2. The van der Waals surface area contributed by atoms with Gasteiger partial charge in [-0.3, -0.25) is 9.59 Å². The molecule has 0 unspecified atom stereocenters. The van der Waals surface area contributed by atoms with Crippen molar-refractivity contribution in [3.8, 4) is 11.5 Å². The number of hydrogen-bond acceptors (Lipinski definition) is 5. The summed E-state index contributed by atoms with van der Waals surface area (Å²) in [5.41, 5.74) is 5.89. The first-order valence-corrected chi connectivity index (χ1v) is 11.1. The Labute approximate surface area is 203 Å². The monoisotopic (exact) mass is 479 g/mol. The van der Waals surface area contributed by atoms with Crippen molar-refractivity contribution >= 4 is 29.6 Å². The first-order chi connectivity index (χ1) is 16.4. The number of aryl methyl sites for hydroxylation is 1. The summed E-state index contributed by atoms with van der Waals surface area (Å²) in [5.74, 6) is -0.494. The maximum atomic E-state index is 12.0. The molecule has 0 heterocycles. The van der Waals surface area contributed by atoms with Gasteiger partial charge in [0, 0.05) is 11.6 Å². The average Bonchev–Trinajstić information content (AvgIpc) is 2.84. The molecule has 0 aromatic heterocycles. The van der Waals surface area contributed by atoms with Gasteiger partial charge >= 0.3 is 11.8 Å². The van der Waals surface area contributed by atoms with Gasteiger partial charge in [0.05, 0.1) is 12.8 Å². The van der Waals surface area contributed by atoms with Crippen LogP contribution in [0.5, 0.6) is 11.5 Å². The normalized spacial score (nSPS) is 10.7. The summed E-state index contributed by atoms with van der Waals surface area (Å²) in [5, 5.41) is 7.09. The minimum absolute atomic E-state index is 0.255.